The molecule has 2 nitrogen and oxygen atoms in total. The van der Waals surface area contributed by atoms with Gasteiger partial charge < -0.3 is 4.74 Å². The fourth-order valence-corrected chi connectivity index (χ4v) is 1.58. The molecule has 1 rings (SSSR count). The second-order valence-corrected chi connectivity index (χ2v) is 4.08. The van der Waals surface area contributed by atoms with Crippen LogP contribution in [0.2, 0.25) is 0 Å². The highest BCUT2D eigenvalue weighted by molar-refractivity contribution is 5.78. The highest BCUT2D eigenvalue weighted by atomic mass is 16.5. The van der Waals surface area contributed by atoms with Crippen LogP contribution in [-0.4, -0.2) is 13.4 Å². The Morgan fingerprint density at radius 1 is 1.40 bits per heavy atom. The number of aldehydes is 1. The zero-order valence-corrected chi connectivity index (χ0v) is 9.62. The topological polar surface area (TPSA) is 26.3 Å². The fourth-order valence-electron chi connectivity index (χ4n) is 1.58. The monoisotopic (exact) mass is 206 g/mol. The van der Waals surface area contributed by atoms with E-state index in [9.17, 15) is 4.79 Å². The molecule has 0 spiro atoms. The van der Waals surface area contributed by atoms with Gasteiger partial charge in [-0.1, -0.05) is 26.0 Å². The molecule has 2 heteroatoms. The summed E-state index contributed by atoms with van der Waals surface area (Å²) in [6.45, 7) is 4.35. The van der Waals surface area contributed by atoms with E-state index in [-0.39, 0.29) is 0 Å². The number of hydrogen-bond acceptors (Lipinski definition) is 2. The molecule has 0 unspecified atom stereocenters. The van der Waals surface area contributed by atoms with Gasteiger partial charge in [0.2, 0.25) is 0 Å². The lowest BCUT2D eigenvalue weighted by Crippen LogP contribution is -2.00. The number of hydrogen-bond donors (Lipinski definition) is 0. The van der Waals surface area contributed by atoms with E-state index < -0.39 is 0 Å². The maximum Gasteiger partial charge on any atom is 0.150 e. The van der Waals surface area contributed by atoms with Gasteiger partial charge >= 0.3 is 0 Å². The molecule has 15 heavy (non-hydrogen) atoms. The van der Waals surface area contributed by atoms with Crippen molar-refractivity contribution in [2.45, 2.75) is 26.7 Å². The summed E-state index contributed by atoms with van der Waals surface area (Å²) in [6, 6.07) is 5.59. The predicted molar refractivity (Wildman–Crippen MR) is 61.5 cm³/mol. The van der Waals surface area contributed by atoms with E-state index in [0.717, 1.165) is 36.0 Å². The van der Waals surface area contributed by atoms with Crippen molar-refractivity contribution in [2.24, 2.45) is 5.92 Å². The number of carbonyl (C=O) groups excluding carboxylic acids is 1. The average molecular weight is 206 g/mol. The number of benzene rings is 1. The molecule has 0 fully saturated rings. The second-order valence-electron chi connectivity index (χ2n) is 4.08. The van der Waals surface area contributed by atoms with Crippen molar-refractivity contribution in [3.8, 4) is 5.75 Å². The van der Waals surface area contributed by atoms with Gasteiger partial charge in [-0.3, -0.25) is 4.79 Å². The van der Waals surface area contributed by atoms with Gasteiger partial charge in [-0.2, -0.15) is 0 Å². The standard InChI is InChI=1S/C13H18O2/c1-10(2)7-8-12-11(9-14)5-4-6-13(12)15-3/h4-6,9-10H,7-8H2,1-3H3. The van der Waals surface area contributed by atoms with Crippen molar-refractivity contribution < 1.29 is 9.53 Å². The average Bonchev–Trinajstić information content (AvgIpc) is 2.25. The molecular formula is C13H18O2. The zero-order chi connectivity index (χ0) is 11.3. The molecule has 0 radical (unpaired) electrons. The number of methoxy groups -OCH3 is 1. The van der Waals surface area contributed by atoms with E-state index in [1.54, 1.807) is 7.11 Å². The minimum Gasteiger partial charge on any atom is -0.496 e. The van der Waals surface area contributed by atoms with Crippen molar-refractivity contribution in [3.05, 3.63) is 29.3 Å². The Bertz CT molecular complexity index is 329. The van der Waals surface area contributed by atoms with Gasteiger partial charge in [-0.05, 0) is 24.8 Å². The summed E-state index contributed by atoms with van der Waals surface area (Å²) >= 11 is 0. The summed E-state index contributed by atoms with van der Waals surface area (Å²) in [5, 5.41) is 0. The van der Waals surface area contributed by atoms with Crippen LogP contribution in [0.25, 0.3) is 0 Å². The lowest BCUT2D eigenvalue weighted by Gasteiger charge is -2.11. The van der Waals surface area contributed by atoms with Crippen molar-refractivity contribution >= 4 is 6.29 Å². The Labute approximate surface area is 91.3 Å². The Balaban J connectivity index is 2.94. The molecule has 0 saturated heterocycles. The Morgan fingerprint density at radius 2 is 2.13 bits per heavy atom. The van der Waals surface area contributed by atoms with E-state index >= 15 is 0 Å². The molecular weight excluding hydrogens is 188 g/mol. The number of rotatable bonds is 5. The van der Waals surface area contributed by atoms with Crippen LogP contribution < -0.4 is 4.74 Å². The molecule has 0 amide bonds. The van der Waals surface area contributed by atoms with Crippen LogP contribution >= 0.6 is 0 Å². The molecule has 0 atom stereocenters. The number of ether oxygens (including phenoxy) is 1. The van der Waals surface area contributed by atoms with Gasteiger partial charge in [0.15, 0.2) is 0 Å². The first-order valence-electron chi connectivity index (χ1n) is 5.30. The van der Waals surface area contributed by atoms with Crippen LogP contribution in [0.15, 0.2) is 18.2 Å². The molecule has 0 aliphatic heterocycles. The van der Waals surface area contributed by atoms with E-state index in [4.69, 9.17) is 4.74 Å². The Kier molecular flexibility index (Phi) is 4.35. The summed E-state index contributed by atoms with van der Waals surface area (Å²) in [7, 11) is 1.64. The van der Waals surface area contributed by atoms with Gasteiger partial charge in [0.25, 0.3) is 0 Å². The van der Waals surface area contributed by atoms with Crippen LogP contribution in [0, 0.1) is 5.92 Å². The van der Waals surface area contributed by atoms with E-state index in [1.165, 1.54) is 0 Å². The molecule has 0 N–H and O–H groups in total. The smallest absolute Gasteiger partial charge is 0.150 e. The van der Waals surface area contributed by atoms with Crippen molar-refractivity contribution in [1.82, 2.24) is 0 Å². The van der Waals surface area contributed by atoms with Gasteiger partial charge in [0.05, 0.1) is 7.11 Å². The molecule has 82 valence electrons. The van der Waals surface area contributed by atoms with E-state index in [1.807, 2.05) is 18.2 Å². The first kappa shape index (κ1) is 11.8. The minimum absolute atomic E-state index is 0.634. The van der Waals surface area contributed by atoms with Crippen LogP contribution in [-0.2, 0) is 6.42 Å². The fraction of sp³-hybridized carbons (Fsp3) is 0.462. The van der Waals surface area contributed by atoms with Gasteiger partial charge in [-0.25, -0.2) is 0 Å². The molecule has 0 heterocycles. The molecule has 0 bridgehead atoms. The highest BCUT2D eigenvalue weighted by Gasteiger charge is 2.08. The first-order valence-corrected chi connectivity index (χ1v) is 5.30. The predicted octanol–water partition coefficient (Wildman–Crippen LogP) is 3.10. The summed E-state index contributed by atoms with van der Waals surface area (Å²) in [6.07, 6.45) is 2.87. The van der Waals surface area contributed by atoms with Crippen LogP contribution in [0.4, 0.5) is 0 Å². The number of carbonyl (C=O) groups is 1. The third-order valence-corrected chi connectivity index (χ3v) is 2.49. The minimum atomic E-state index is 0.634. The Hall–Kier alpha value is -1.31. The quantitative estimate of drug-likeness (QED) is 0.692. The molecule has 1 aromatic rings. The Morgan fingerprint density at radius 3 is 2.67 bits per heavy atom. The van der Waals surface area contributed by atoms with Gasteiger partial charge in [0, 0.05) is 11.1 Å². The lowest BCUT2D eigenvalue weighted by molar-refractivity contribution is 0.112. The SMILES string of the molecule is COc1cccc(C=O)c1CCC(C)C. The van der Waals surface area contributed by atoms with Gasteiger partial charge in [-0.15, -0.1) is 0 Å². The highest BCUT2D eigenvalue weighted by Crippen LogP contribution is 2.23. The lowest BCUT2D eigenvalue weighted by atomic mass is 9.98. The van der Waals surface area contributed by atoms with Crippen molar-refractivity contribution in [1.29, 1.82) is 0 Å². The maximum absolute atomic E-state index is 10.9. The van der Waals surface area contributed by atoms with Crippen LogP contribution in [0.3, 0.4) is 0 Å². The third kappa shape index (κ3) is 3.08. The summed E-state index contributed by atoms with van der Waals surface area (Å²) in [5.74, 6) is 1.45. The van der Waals surface area contributed by atoms with Crippen molar-refractivity contribution in [2.75, 3.05) is 7.11 Å². The normalized spacial score (nSPS) is 10.4. The molecule has 0 aliphatic carbocycles. The summed E-state index contributed by atoms with van der Waals surface area (Å²) in [5.41, 5.74) is 1.78. The van der Waals surface area contributed by atoms with Crippen LogP contribution in [0.1, 0.15) is 36.2 Å². The third-order valence-electron chi connectivity index (χ3n) is 2.49. The molecule has 0 aromatic heterocycles. The zero-order valence-electron chi connectivity index (χ0n) is 9.62. The first-order chi connectivity index (χ1) is 7.19. The van der Waals surface area contributed by atoms with Crippen LogP contribution in [0.5, 0.6) is 5.75 Å². The van der Waals surface area contributed by atoms with E-state index in [2.05, 4.69) is 13.8 Å². The van der Waals surface area contributed by atoms with Crippen molar-refractivity contribution in [3.63, 3.8) is 0 Å². The summed E-state index contributed by atoms with van der Waals surface area (Å²) < 4.78 is 5.26. The second kappa shape index (κ2) is 5.54. The largest absolute Gasteiger partial charge is 0.496 e. The maximum atomic E-state index is 10.9. The van der Waals surface area contributed by atoms with E-state index in [0.29, 0.717) is 5.92 Å². The van der Waals surface area contributed by atoms with Gasteiger partial charge in [0.1, 0.15) is 12.0 Å². The molecule has 0 aliphatic rings. The molecule has 1 aromatic carbocycles. The summed E-state index contributed by atoms with van der Waals surface area (Å²) in [4.78, 5) is 10.9. The molecule has 0 saturated carbocycles.